The minimum atomic E-state index is -5.02. The second-order valence-electron chi connectivity index (χ2n) is 10.3. The molecular formula is C27H26F3N8O4-. The first-order valence-electron chi connectivity index (χ1n) is 12.9. The number of alkyl halides is 3. The van der Waals surface area contributed by atoms with Gasteiger partial charge in [0.2, 0.25) is 11.7 Å². The maximum atomic E-state index is 12.0. The number of aromatic nitrogens is 5. The number of carbonyl (C=O) groups is 3. The summed E-state index contributed by atoms with van der Waals surface area (Å²) in [4.78, 5) is 34.1. The van der Waals surface area contributed by atoms with Crippen molar-refractivity contribution in [3.63, 3.8) is 0 Å². The molecule has 2 saturated carbocycles. The van der Waals surface area contributed by atoms with Crippen molar-refractivity contribution in [2.45, 2.75) is 49.5 Å². The molecule has 2 heterocycles. The molecule has 0 aliphatic heterocycles. The van der Waals surface area contributed by atoms with Crippen LogP contribution >= 0.6 is 0 Å². The van der Waals surface area contributed by atoms with Crippen LogP contribution in [-0.2, 0) is 28.0 Å². The van der Waals surface area contributed by atoms with Crippen LogP contribution in [0.2, 0.25) is 0 Å². The van der Waals surface area contributed by atoms with E-state index in [9.17, 15) is 27.6 Å². The number of tetrazole rings is 1. The highest BCUT2D eigenvalue weighted by Crippen LogP contribution is 2.39. The van der Waals surface area contributed by atoms with Crippen molar-refractivity contribution < 1.29 is 32.7 Å². The number of carbonyl (C=O) groups excluding carboxylic acids is 2. The summed E-state index contributed by atoms with van der Waals surface area (Å²) in [7, 11) is 1.75. The minimum Gasteiger partial charge on any atom is -0.664 e. The maximum absolute atomic E-state index is 12.0. The lowest BCUT2D eigenvalue weighted by atomic mass is 10.2. The third-order valence-electron chi connectivity index (χ3n) is 7.05. The zero-order valence-corrected chi connectivity index (χ0v) is 22.3. The van der Waals surface area contributed by atoms with Gasteiger partial charge < -0.3 is 26.0 Å². The molecule has 0 radical (unpaired) electrons. The molecule has 2 aromatic carbocycles. The van der Waals surface area contributed by atoms with Crippen molar-refractivity contribution in [2.24, 2.45) is 7.05 Å². The number of amides is 2. The van der Waals surface area contributed by atoms with E-state index in [4.69, 9.17) is 10.8 Å². The van der Waals surface area contributed by atoms with E-state index in [1.54, 1.807) is 7.05 Å². The van der Waals surface area contributed by atoms with Gasteiger partial charge in [-0.25, -0.2) is 4.79 Å². The third kappa shape index (κ3) is 5.95. The summed E-state index contributed by atoms with van der Waals surface area (Å²) in [6.07, 6.45) is -3.63. The molecule has 0 saturated heterocycles. The van der Waals surface area contributed by atoms with Crippen LogP contribution in [0, 0.1) is 0 Å². The van der Waals surface area contributed by atoms with Gasteiger partial charge in [0, 0.05) is 17.6 Å². The molecule has 0 atom stereocenters. The molecule has 0 unspecified atom stereocenters. The topological polar surface area (TPSA) is 168 Å². The maximum Gasteiger partial charge on any atom is 0.471 e. The van der Waals surface area contributed by atoms with Crippen molar-refractivity contribution in [1.82, 2.24) is 35.4 Å². The highest BCUT2D eigenvalue weighted by Gasteiger charge is 2.55. The van der Waals surface area contributed by atoms with Gasteiger partial charge in [0.1, 0.15) is 5.54 Å². The zero-order valence-electron chi connectivity index (χ0n) is 22.3. The Kier molecular flexibility index (Phi) is 7.22. The van der Waals surface area contributed by atoms with Crippen molar-refractivity contribution in [3.05, 3.63) is 65.9 Å². The van der Waals surface area contributed by atoms with E-state index < -0.39 is 29.1 Å². The van der Waals surface area contributed by atoms with Crippen molar-refractivity contribution in [2.75, 3.05) is 0 Å². The molecule has 2 aliphatic rings. The van der Waals surface area contributed by atoms with Crippen LogP contribution in [0.3, 0.4) is 0 Å². The van der Waals surface area contributed by atoms with E-state index in [0.717, 1.165) is 27.8 Å². The van der Waals surface area contributed by atoms with Crippen LogP contribution < -0.4 is 10.6 Å². The van der Waals surface area contributed by atoms with Gasteiger partial charge in [-0.1, -0.05) is 43.2 Å². The molecule has 2 aliphatic carbocycles. The Hall–Kier alpha value is -4.79. The van der Waals surface area contributed by atoms with Gasteiger partial charge in [-0.15, -0.1) is 10.2 Å². The van der Waals surface area contributed by atoms with Gasteiger partial charge >= 0.3 is 18.1 Å². The van der Waals surface area contributed by atoms with E-state index in [1.165, 1.54) is 10.1 Å². The van der Waals surface area contributed by atoms with Gasteiger partial charge in [0.05, 0.1) is 18.3 Å². The van der Waals surface area contributed by atoms with Crippen molar-refractivity contribution in [1.29, 1.82) is 0 Å². The normalized spacial score (nSPS) is 16.2. The van der Waals surface area contributed by atoms with Crippen molar-refractivity contribution >= 4 is 28.7 Å². The molecule has 12 nitrogen and oxygen atoms in total. The highest BCUT2D eigenvalue weighted by molar-refractivity contribution is 5.92. The van der Waals surface area contributed by atoms with E-state index >= 15 is 0 Å². The van der Waals surface area contributed by atoms with Crippen LogP contribution in [0.5, 0.6) is 0 Å². The number of fused-ring (bicyclic) bond motifs is 1. The number of para-hydroxylation sites is 1. The summed E-state index contributed by atoms with van der Waals surface area (Å²) in [6, 6.07) is 18.2. The standard InChI is InChI=1S/C21H20N7O.C6H6F3NO3/c1-27-25-19(24-26-27)18-12-15-4-2-3-5-17(15)28(18)16-8-6-14(7-9-16)13-23-20(29)21(22)10-11-21;7-6(8,9)3(11)10-5(1-2-5)4(12)13/h2-9,12,22H,10-11,13H2,1H3,(H,23,29);1-2H2,(H,10,11)(H,12,13)/q-1;. The van der Waals surface area contributed by atoms with Crippen LogP contribution in [0.1, 0.15) is 31.2 Å². The van der Waals surface area contributed by atoms with Gasteiger partial charge in [0.15, 0.2) is 0 Å². The van der Waals surface area contributed by atoms with Crippen LogP contribution in [-0.4, -0.2) is 64.9 Å². The average Bonchev–Trinajstić information content (AvgIpc) is 3.82. The predicted octanol–water partition coefficient (Wildman–Crippen LogP) is 3.30. The lowest BCUT2D eigenvalue weighted by molar-refractivity contribution is -0.176. The fourth-order valence-electron chi connectivity index (χ4n) is 4.26. The molecule has 6 rings (SSSR count). The minimum absolute atomic E-state index is 0.0458. The molecule has 4 N–H and O–H groups in total. The first kappa shape index (κ1) is 28.7. The first-order valence-corrected chi connectivity index (χ1v) is 12.9. The summed E-state index contributed by atoms with van der Waals surface area (Å²) in [5, 5.41) is 26.3. The Balaban J connectivity index is 0.000000229. The molecule has 0 bridgehead atoms. The molecule has 0 spiro atoms. The Morgan fingerprint density at radius 1 is 1.05 bits per heavy atom. The molecule has 2 aromatic heterocycles. The van der Waals surface area contributed by atoms with E-state index in [1.807, 2.05) is 36.4 Å². The number of nitrogens with zero attached hydrogens (tertiary/aromatic N) is 5. The molecular weight excluding hydrogens is 557 g/mol. The van der Waals surface area contributed by atoms with Crippen LogP contribution in [0.4, 0.5) is 13.2 Å². The van der Waals surface area contributed by atoms with Gasteiger partial charge in [0.25, 0.3) is 0 Å². The van der Waals surface area contributed by atoms with E-state index in [0.29, 0.717) is 25.2 Å². The van der Waals surface area contributed by atoms with Crippen molar-refractivity contribution in [3.8, 4) is 17.2 Å². The number of benzene rings is 2. The van der Waals surface area contributed by atoms with Crippen LogP contribution in [0.25, 0.3) is 33.8 Å². The summed E-state index contributed by atoms with van der Waals surface area (Å²) < 4.78 is 37.1. The number of hydrogen-bond acceptors (Lipinski definition) is 6. The first-order chi connectivity index (χ1) is 19.8. The number of nitrogens with one attached hydrogen (secondary N) is 3. The molecule has 4 aromatic rings. The Morgan fingerprint density at radius 3 is 2.26 bits per heavy atom. The number of aryl methyl sites for hydroxylation is 1. The fraction of sp³-hybridized carbons (Fsp3) is 0.333. The Morgan fingerprint density at radius 2 is 1.71 bits per heavy atom. The van der Waals surface area contributed by atoms with Crippen LogP contribution in [0.15, 0.2) is 54.6 Å². The summed E-state index contributed by atoms with van der Waals surface area (Å²) in [6.45, 7) is 0.421. The molecule has 42 heavy (non-hydrogen) atoms. The number of carboxylic acids is 1. The number of aliphatic carboxylic acids is 1. The monoisotopic (exact) mass is 583 g/mol. The Bertz CT molecular complexity index is 1650. The van der Waals surface area contributed by atoms with E-state index in [-0.39, 0.29) is 18.7 Å². The smallest absolute Gasteiger partial charge is 0.471 e. The zero-order chi connectivity index (χ0) is 30.3. The summed E-state index contributed by atoms with van der Waals surface area (Å²) in [5.41, 5.74) is 9.20. The number of rotatable bonds is 7. The second-order valence-corrected chi connectivity index (χ2v) is 10.3. The second kappa shape index (κ2) is 10.6. The summed E-state index contributed by atoms with van der Waals surface area (Å²) >= 11 is 0. The average molecular weight is 584 g/mol. The number of halogens is 3. The van der Waals surface area contributed by atoms with Gasteiger partial charge in [-0.3, -0.25) is 9.59 Å². The highest BCUT2D eigenvalue weighted by atomic mass is 19.4. The lowest BCUT2D eigenvalue weighted by Crippen LogP contribution is -2.48. The SMILES string of the molecule is Cn1nnc(-c2cc3ccccc3n2-c2ccc(CNC(=O)C3([NH-])CC3)cc2)n1.O=C(NC1(C(=O)O)CC1)C(F)(F)F. The third-order valence-corrected chi connectivity index (χ3v) is 7.05. The predicted molar refractivity (Wildman–Crippen MR) is 143 cm³/mol. The largest absolute Gasteiger partial charge is 0.664 e. The number of carboxylic acid groups (broad SMARTS) is 1. The van der Waals surface area contributed by atoms with E-state index in [2.05, 4.69) is 43.5 Å². The quantitative estimate of drug-likeness (QED) is 0.300. The lowest BCUT2D eigenvalue weighted by Gasteiger charge is -2.17. The molecule has 15 heteroatoms. The fourth-order valence-corrected chi connectivity index (χ4v) is 4.26. The molecule has 2 amide bonds. The van der Waals surface area contributed by atoms with Gasteiger partial charge in [-0.2, -0.15) is 18.0 Å². The van der Waals surface area contributed by atoms with Gasteiger partial charge in [-0.05, 0) is 53.4 Å². The molecule has 2 fully saturated rings. The Labute approximate surface area is 236 Å². The molecule has 220 valence electrons. The number of hydrogen-bond donors (Lipinski definition) is 3. The summed E-state index contributed by atoms with van der Waals surface area (Å²) in [5.74, 6) is -3.25.